The van der Waals surface area contributed by atoms with E-state index in [2.05, 4.69) is 11.8 Å². The highest BCUT2D eigenvalue weighted by atomic mass is 16.1. The van der Waals surface area contributed by atoms with E-state index in [1.807, 2.05) is 30.3 Å². The lowest BCUT2D eigenvalue weighted by atomic mass is 10.1. The molecule has 0 radical (unpaired) electrons. The monoisotopic (exact) mass is 248 g/mol. The second-order valence-electron chi connectivity index (χ2n) is 4.08. The zero-order chi connectivity index (χ0) is 13.7. The van der Waals surface area contributed by atoms with Crippen molar-refractivity contribution in [2.75, 3.05) is 0 Å². The number of carbonyl (C=O) groups excluding carboxylic acids is 2. The van der Waals surface area contributed by atoms with Crippen LogP contribution in [-0.4, -0.2) is 11.6 Å². The van der Waals surface area contributed by atoms with Gasteiger partial charge >= 0.3 is 0 Å². The Morgan fingerprint density at radius 3 is 2.00 bits per heavy atom. The van der Waals surface area contributed by atoms with Gasteiger partial charge in [-0.2, -0.15) is 0 Å². The van der Waals surface area contributed by atoms with Gasteiger partial charge in [-0.15, -0.1) is 0 Å². The average Bonchev–Trinajstić information content (AvgIpc) is 2.46. The van der Waals surface area contributed by atoms with Crippen molar-refractivity contribution < 1.29 is 9.59 Å². The van der Waals surface area contributed by atoms with Crippen LogP contribution in [0.3, 0.4) is 0 Å². The first-order chi connectivity index (χ1) is 9.16. The number of rotatable bonds is 2. The van der Waals surface area contributed by atoms with Crippen molar-refractivity contribution in [1.82, 2.24) is 0 Å². The van der Waals surface area contributed by atoms with E-state index in [9.17, 15) is 9.59 Å². The van der Waals surface area contributed by atoms with Gasteiger partial charge < -0.3 is 0 Å². The van der Waals surface area contributed by atoms with Crippen LogP contribution in [0.2, 0.25) is 0 Å². The Kier molecular flexibility index (Phi) is 3.90. The van der Waals surface area contributed by atoms with Gasteiger partial charge in [-0.3, -0.25) is 9.59 Å². The molecule has 0 amide bonds. The van der Waals surface area contributed by atoms with Gasteiger partial charge in [0, 0.05) is 16.7 Å². The van der Waals surface area contributed by atoms with E-state index in [4.69, 9.17) is 0 Å². The molecular formula is C17H12O2. The predicted octanol–water partition coefficient (Wildman–Crippen LogP) is 3.12. The molecule has 0 heterocycles. The third-order valence-corrected chi connectivity index (χ3v) is 2.65. The normalized spacial score (nSPS) is 9.32. The highest BCUT2D eigenvalue weighted by Crippen LogP contribution is 2.06. The van der Waals surface area contributed by atoms with Gasteiger partial charge in [0.15, 0.2) is 5.78 Å². The van der Waals surface area contributed by atoms with Gasteiger partial charge in [-0.25, -0.2) is 0 Å². The van der Waals surface area contributed by atoms with Gasteiger partial charge in [-0.1, -0.05) is 36.3 Å². The Bertz CT molecular complexity index is 656. The van der Waals surface area contributed by atoms with Crippen LogP contribution >= 0.6 is 0 Å². The Morgan fingerprint density at radius 2 is 1.42 bits per heavy atom. The molecule has 0 aliphatic heterocycles. The van der Waals surface area contributed by atoms with Crippen molar-refractivity contribution in [1.29, 1.82) is 0 Å². The topological polar surface area (TPSA) is 34.1 Å². The summed E-state index contributed by atoms with van der Waals surface area (Å²) in [5.41, 5.74) is 1.89. The van der Waals surface area contributed by atoms with Crippen LogP contribution in [0, 0.1) is 11.8 Å². The summed E-state index contributed by atoms with van der Waals surface area (Å²) in [6.45, 7) is 1.49. The van der Waals surface area contributed by atoms with Gasteiger partial charge in [-0.05, 0) is 37.1 Å². The molecule has 92 valence electrons. The van der Waals surface area contributed by atoms with Crippen LogP contribution in [-0.2, 0) is 0 Å². The smallest absolute Gasteiger partial charge is 0.236 e. The van der Waals surface area contributed by atoms with Crippen molar-refractivity contribution in [3.8, 4) is 11.8 Å². The summed E-state index contributed by atoms with van der Waals surface area (Å²) in [4.78, 5) is 23.0. The van der Waals surface area contributed by atoms with E-state index in [1.54, 1.807) is 24.3 Å². The highest BCUT2D eigenvalue weighted by Gasteiger charge is 2.03. The molecule has 0 saturated carbocycles. The first-order valence-electron chi connectivity index (χ1n) is 5.89. The summed E-state index contributed by atoms with van der Waals surface area (Å²) < 4.78 is 0. The molecule has 2 heteroatoms. The Labute approximate surface area is 112 Å². The summed E-state index contributed by atoms with van der Waals surface area (Å²) in [5.74, 6) is 5.13. The first-order valence-corrected chi connectivity index (χ1v) is 5.89. The number of hydrogen-bond donors (Lipinski definition) is 0. The molecular weight excluding hydrogens is 236 g/mol. The van der Waals surface area contributed by atoms with E-state index in [0.29, 0.717) is 11.1 Å². The molecule has 2 rings (SSSR count). The van der Waals surface area contributed by atoms with Gasteiger partial charge in [0.1, 0.15) is 0 Å². The fourth-order valence-corrected chi connectivity index (χ4v) is 1.58. The largest absolute Gasteiger partial charge is 0.295 e. The number of carbonyl (C=O) groups is 2. The minimum absolute atomic E-state index is 0.0191. The second kappa shape index (κ2) is 5.79. The maximum atomic E-state index is 11.8. The van der Waals surface area contributed by atoms with E-state index < -0.39 is 0 Å². The number of hydrogen-bond acceptors (Lipinski definition) is 2. The van der Waals surface area contributed by atoms with E-state index >= 15 is 0 Å². The van der Waals surface area contributed by atoms with Crippen molar-refractivity contribution >= 4 is 11.6 Å². The maximum absolute atomic E-state index is 11.8. The number of Topliss-reactive ketones (excluding diaryl/α,β-unsaturated/α-hetero) is 2. The Balaban J connectivity index is 2.17. The molecule has 2 aromatic carbocycles. The molecule has 2 nitrogen and oxygen atoms in total. The molecule has 0 fully saturated rings. The van der Waals surface area contributed by atoms with Crippen LogP contribution in [0.5, 0.6) is 0 Å². The Morgan fingerprint density at radius 1 is 0.842 bits per heavy atom. The van der Waals surface area contributed by atoms with Crippen LogP contribution in [0.15, 0.2) is 54.6 Å². The average molecular weight is 248 g/mol. The summed E-state index contributed by atoms with van der Waals surface area (Å²) in [6, 6.07) is 15.9. The predicted molar refractivity (Wildman–Crippen MR) is 74.1 cm³/mol. The fraction of sp³-hybridized carbons (Fsp3) is 0.0588. The number of ketones is 2. The lowest BCUT2D eigenvalue weighted by Crippen LogP contribution is -1.97. The van der Waals surface area contributed by atoms with Crippen molar-refractivity contribution in [3.05, 3.63) is 71.3 Å². The molecule has 0 spiro atoms. The fourth-order valence-electron chi connectivity index (χ4n) is 1.58. The minimum atomic E-state index is -0.251. The third kappa shape index (κ3) is 3.40. The molecule has 0 atom stereocenters. The highest BCUT2D eigenvalue weighted by molar-refractivity contribution is 6.09. The van der Waals surface area contributed by atoms with Gasteiger partial charge in [0.05, 0.1) is 0 Å². The molecule has 19 heavy (non-hydrogen) atoms. The number of benzene rings is 2. The van der Waals surface area contributed by atoms with Crippen LogP contribution < -0.4 is 0 Å². The molecule has 0 bridgehead atoms. The van der Waals surface area contributed by atoms with Crippen LogP contribution in [0.25, 0.3) is 0 Å². The molecule has 0 aliphatic rings. The third-order valence-electron chi connectivity index (χ3n) is 2.65. The van der Waals surface area contributed by atoms with Crippen LogP contribution in [0.1, 0.15) is 33.2 Å². The maximum Gasteiger partial charge on any atom is 0.236 e. The van der Waals surface area contributed by atoms with Crippen molar-refractivity contribution in [3.63, 3.8) is 0 Å². The summed E-state index contributed by atoms with van der Waals surface area (Å²) in [5, 5.41) is 0. The molecule has 0 aliphatic carbocycles. The summed E-state index contributed by atoms with van der Waals surface area (Å²) in [6.07, 6.45) is 0. The molecule has 0 saturated heterocycles. The summed E-state index contributed by atoms with van der Waals surface area (Å²) in [7, 11) is 0. The van der Waals surface area contributed by atoms with Crippen LogP contribution in [0.4, 0.5) is 0 Å². The minimum Gasteiger partial charge on any atom is -0.295 e. The van der Waals surface area contributed by atoms with E-state index in [1.165, 1.54) is 6.92 Å². The standard InChI is InChI=1S/C17H12O2/c1-13(18)15-8-10-16(11-9-15)17(19)12-7-14-5-3-2-4-6-14/h2-6,8-11H,1H3. The quantitative estimate of drug-likeness (QED) is 0.604. The zero-order valence-electron chi connectivity index (χ0n) is 10.5. The molecule has 2 aromatic rings. The van der Waals surface area contributed by atoms with E-state index in [0.717, 1.165) is 5.56 Å². The van der Waals surface area contributed by atoms with E-state index in [-0.39, 0.29) is 11.6 Å². The van der Waals surface area contributed by atoms with Gasteiger partial charge in [0.2, 0.25) is 5.78 Å². The van der Waals surface area contributed by atoms with Gasteiger partial charge in [0.25, 0.3) is 0 Å². The molecule has 0 aromatic heterocycles. The van der Waals surface area contributed by atoms with Crippen molar-refractivity contribution in [2.24, 2.45) is 0 Å². The molecule has 0 N–H and O–H groups in total. The lowest BCUT2D eigenvalue weighted by molar-refractivity contribution is 0.101. The Hall–Kier alpha value is -2.66. The zero-order valence-corrected chi connectivity index (χ0v) is 10.5. The SMILES string of the molecule is CC(=O)c1ccc(C(=O)C#Cc2ccccc2)cc1. The van der Waals surface area contributed by atoms with Crippen molar-refractivity contribution in [2.45, 2.75) is 6.92 Å². The second-order valence-corrected chi connectivity index (χ2v) is 4.08. The first kappa shape index (κ1) is 12.8. The molecule has 0 unspecified atom stereocenters. The lowest BCUT2D eigenvalue weighted by Gasteiger charge is -1.96. The summed E-state index contributed by atoms with van der Waals surface area (Å²) >= 11 is 0.